The van der Waals surface area contributed by atoms with Crippen molar-refractivity contribution in [1.29, 1.82) is 0 Å². The fourth-order valence-electron chi connectivity index (χ4n) is 0.526. The van der Waals surface area contributed by atoms with Crippen molar-refractivity contribution >= 4 is 16.0 Å². The molecule has 6 nitrogen and oxygen atoms in total. The van der Waals surface area contributed by atoms with Crippen LogP contribution in [-0.2, 0) is 19.7 Å². The summed E-state index contributed by atoms with van der Waals surface area (Å²) in [4.78, 5) is 10.4. The number of carbonyl (C=O) groups excluding carboxylic acids is 1. The summed E-state index contributed by atoms with van der Waals surface area (Å²) in [5.74, 6) is -0.239. The predicted molar refractivity (Wildman–Crippen MR) is 47.5 cm³/mol. The zero-order chi connectivity index (χ0) is 10.3. The molecule has 0 aliphatic carbocycles. The van der Waals surface area contributed by atoms with Gasteiger partial charge in [-0.25, -0.2) is 0 Å². The third kappa shape index (κ3) is 7.85. The summed E-state index contributed by atoms with van der Waals surface area (Å²) >= 11 is 0. The van der Waals surface area contributed by atoms with Gasteiger partial charge in [0.25, 0.3) is 10.2 Å². The molecule has 0 spiro atoms. The van der Waals surface area contributed by atoms with Crippen molar-refractivity contribution in [2.24, 2.45) is 0 Å². The van der Waals surface area contributed by atoms with Crippen LogP contribution in [0.2, 0.25) is 0 Å². The highest BCUT2D eigenvalue weighted by molar-refractivity contribution is 7.87. The lowest BCUT2D eigenvalue weighted by Gasteiger charge is -2.05. The standard InChI is InChI=1S/C6H14N2O4S/c1-6(9)5-8-13(10,11)7-3-4-12-2/h7-8H,3-5H2,1-2H3. The lowest BCUT2D eigenvalue weighted by atomic mass is 10.5. The van der Waals surface area contributed by atoms with Gasteiger partial charge in [0.05, 0.1) is 13.2 Å². The largest absolute Gasteiger partial charge is 0.383 e. The molecule has 0 heterocycles. The molecule has 0 atom stereocenters. The van der Waals surface area contributed by atoms with Gasteiger partial charge in [0.15, 0.2) is 0 Å². The lowest BCUT2D eigenvalue weighted by molar-refractivity contribution is -0.115. The Labute approximate surface area is 77.8 Å². The van der Waals surface area contributed by atoms with E-state index in [1.54, 1.807) is 0 Å². The van der Waals surface area contributed by atoms with Crippen LogP contribution >= 0.6 is 0 Å². The van der Waals surface area contributed by atoms with Crippen LogP contribution in [0.15, 0.2) is 0 Å². The molecular formula is C6H14N2O4S. The molecule has 0 aromatic carbocycles. The number of ether oxygens (including phenoxy) is 1. The first kappa shape index (κ1) is 12.5. The average Bonchev–Trinajstić information content (AvgIpc) is 2.02. The van der Waals surface area contributed by atoms with E-state index in [1.807, 2.05) is 0 Å². The van der Waals surface area contributed by atoms with Crippen molar-refractivity contribution in [2.45, 2.75) is 6.92 Å². The van der Waals surface area contributed by atoms with Crippen molar-refractivity contribution < 1.29 is 17.9 Å². The molecule has 0 aromatic heterocycles. The molecule has 2 N–H and O–H groups in total. The number of hydrogen-bond acceptors (Lipinski definition) is 4. The summed E-state index contributed by atoms with van der Waals surface area (Å²) < 4.78 is 30.9. The fourth-order valence-corrected chi connectivity index (χ4v) is 1.37. The molecule has 7 heteroatoms. The van der Waals surface area contributed by atoms with Gasteiger partial charge in [-0.3, -0.25) is 4.79 Å². The van der Waals surface area contributed by atoms with E-state index >= 15 is 0 Å². The second kappa shape index (κ2) is 6.03. The van der Waals surface area contributed by atoms with Crippen LogP contribution < -0.4 is 9.44 Å². The summed E-state index contributed by atoms with van der Waals surface area (Å²) in [5.41, 5.74) is 0. The SMILES string of the molecule is COCCNS(=O)(=O)NCC(C)=O. The Morgan fingerprint density at radius 1 is 1.38 bits per heavy atom. The van der Waals surface area contributed by atoms with Gasteiger partial charge in [0, 0.05) is 13.7 Å². The Morgan fingerprint density at radius 3 is 2.46 bits per heavy atom. The van der Waals surface area contributed by atoms with Crippen LogP contribution in [0.5, 0.6) is 0 Å². The van der Waals surface area contributed by atoms with Crippen LogP contribution in [-0.4, -0.2) is 41.0 Å². The van der Waals surface area contributed by atoms with E-state index in [0.717, 1.165) is 0 Å². The maximum Gasteiger partial charge on any atom is 0.277 e. The molecule has 0 aliphatic rings. The summed E-state index contributed by atoms with van der Waals surface area (Å²) in [6, 6.07) is 0. The van der Waals surface area contributed by atoms with Gasteiger partial charge in [-0.15, -0.1) is 0 Å². The quantitative estimate of drug-likeness (QED) is 0.509. The van der Waals surface area contributed by atoms with Gasteiger partial charge in [-0.2, -0.15) is 17.9 Å². The summed E-state index contributed by atoms with van der Waals surface area (Å²) in [5, 5.41) is 0. The van der Waals surface area contributed by atoms with E-state index < -0.39 is 10.2 Å². The summed E-state index contributed by atoms with van der Waals surface area (Å²) in [6.07, 6.45) is 0. The third-order valence-corrected chi connectivity index (χ3v) is 2.22. The molecular weight excluding hydrogens is 196 g/mol. The van der Waals surface area contributed by atoms with Gasteiger partial charge in [0.2, 0.25) is 0 Å². The molecule has 0 radical (unpaired) electrons. The van der Waals surface area contributed by atoms with E-state index in [9.17, 15) is 13.2 Å². The summed E-state index contributed by atoms with van der Waals surface area (Å²) in [6.45, 7) is 1.59. The highest BCUT2D eigenvalue weighted by Crippen LogP contribution is 1.76. The van der Waals surface area contributed by atoms with Gasteiger partial charge in [-0.05, 0) is 6.92 Å². The molecule has 0 bridgehead atoms. The zero-order valence-corrected chi connectivity index (χ0v) is 8.48. The molecule has 0 fully saturated rings. The normalized spacial score (nSPS) is 11.5. The number of carbonyl (C=O) groups is 1. The van der Waals surface area contributed by atoms with Crippen molar-refractivity contribution in [1.82, 2.24) is 9.44 Å². The predicted octanol–water partition coefficient (Wildman–Crippen LogP) is -1.35. The Hall–Kier alpha value is -0.500. The monoisotopic (exact) mass is 210 g/mol. The summed E-state index contributed by atoms with van der Waals surface area (Å²) in [7, 11) is -2.08. The van der Waals surface area contributed by atoms with Crippen LogP contribution in [0.25, 0.3) is 0 Å². The van der Waals surface area contributed by atoms with E-state index in [-0.39, 0.29) is 18.9 Å². The van der Waals surface area contributed by atoms with Crippen LogP contribution in [0, 0.1) is 0 Å². The van der Waals surface area contributed by atoms with Crippen molar-refractivity contribution in [2.75, 3.05) is 26.8 Å². The highest BCUT2D eigenvalue weighted by atomic mass is 32.2. The first-order valence-electron chi connectivity index (χ1n) is 3.70. The van der Waals surface area contributed by atoms with Gasteiger partial charge < -0.3 is 4.74 Å². The van der Waals surface area contributed by atoms with Crippen molar-refractivity contribution in [3.05, 3.63) is 0 Å². The molecule has 13 heavy (non-hydrogen) atoms. The van der Waals surface area contributed by atoms with Gasteiger partial charge in [-0.1, -0.05) is 0 Å². The minimum absolute atomic E-state index is 0.184. The topological polar surface area (TPSA) is 84.5 Å². The molecule has 0 saturated heterocycles. The van der Waals surface area contributed by atoms with E-state index in [1.165, 1.54) is 14.0 Å². The first-order chi connectivity index (χ1) is 5.98. The average molecular weight is 210 g/mol. The maximum absolute atomic E-state index is 11.0. The van der Waals surface area contributed by atoms with Crippen molar-refractivity contribution in [3.63, 3.8) is 0 Å². The molecule has 0 saturated carbocycles. The lowest BCUT2D eigenvalue weighted by Crippen LogP contribution is -2.40. The van der Waals surface area contributed by atoms with Crippen LogP contribution in [0.4, 0.5) is 0 Å². The van der Waals surface area contributed by atoms with E-state index in [4.69, 9.17) is 0 Å². The maximum atomic E-state index is 11.0. The van der Waals surface area contributed by atoms with Crippen molar-refractivity contribution in [3.8, 4) is 0 Å². The molecule has 0 aromatic rings. The zero-order valence-electron chi connectivity index (χ0n) is 7.66. The smallest absolute Gasteiger partial charge is 0.277 e. The third-order valence-electron chi connectivity index (χ3n) is 1.11. The second-order valence-corrected chi connectivity index (χ2v) is 4.00. The number of rotatable bonds is 7. The number of nitrogens with one attached hydrogen (secondary N) is 2. The Kier molecular flexibility index (Phi) is 5.80. The minimum atomic E-state index is -3.55. The van der Waals surface area contributed by atoms with Gasteiger partial charge in [0.1, 0.15) is 5.78 Å². The number of ketones is 1. The molecule has 0 rings (SSSR count). The highest BCUT2D eigenvalue weighted by Gasteiger charge is 2.08. The van der Waals surface area contributed by atoms with E-state index in [2.05, 4.69) is 14.2 Å². The van der Waals surface area contributed by atoms with Crippen LogP contribution in [0.3, 0.4) is 0 Å². The minimum Gasteiger partial charge on any atom is -0.383 e. The first-order valence-corrected chi connectivity index (χ1v) is 5.19. The Bertz CT molecular complexity index is 249. The number of methoxy groups -OCH3 is 1. The molecule has 0 aliphatic heterocycles. The fraction of sp³-hybridized carbons (Fsp3) is 0.833. The molecule has 78 valence electrons. The number of hydrogen-bond donors (Lipinski definition) is 2. The Balaban J connectivity index is 3.74. The molecule has 0 unspecified atom stereocenters. The van der Waals surface area contributed by atoms with E-state index in [0.29, 0.717) is 6.61 Å². The van der Waals surface area contributed by atoms with Gasteiger partial charge >= 0.3 is 0 Å². The Morgan fingerprint density at radius 2 is 2.00 bits per heavy atom. The number of Topliss-reactive ketones (excluding diaryl/α,β-unsaturated/α-hetero) is 1. The molecule has 0 amide bonds. The van der Waals surface area contributed by atoms with Crippen LogP contribution in [0.1, 0.15) is 6.92 Å². The second-order valence-electron chi connectivity index (χ2n) is 2.41.